The molecule has 1 N–H and O–H groups in total. The fourth-order valence-corrected chi connectivity index (χ4v) is 2.97. The number of carbonyl (C=O) groups is 2. The minimum absolute atomic E-state index is 0.00138. The first-order valence-corrected chi connectivity index (χ1v) is 7.03. The maximum absolute atomic E-state index is 12.6. The predicted molar refractivity (Wildman–Crippen MR) is 70.0 cm³/mol. The lowest BCUT2D eigenvalue weighted by atomic mass is 9.76. The molecule has 4 nitrogen and oxygen atoms in total. The highest BCUT2D eigenvalue weighted by Gasteiger charge is 2.43. The summed E-state index contributed by atoms with van der Waals surface area (Å²) in [5.41, 5.74) is -0.00138. The van der Waals surface area contributed by atoms with Crippen molar-refractivity contribution in [3.63, 3.8) is 0 Å². The Bertz CT molecular complexity index is 348. The van der Waals surface area contributed by atoms with E-state index in [0.717, 1.165) is 19.3 Å². The molecule has 2 rings (SSSR count). The third kappa shape index (κ3) is 2.52. The van der Waals surface area contributed by atoms with Gasteiger partial charge in [-0.3, -0.25) is 9.59 Å². The average Bonchev–Trinajstić information content (AvgIpc) is 2.36. The highest BCUT2D eigenvalue weighted by atomic mass is 16.2. The van der Waals surface area contributed by atoms with Gasteiger partial charge in [-0.2, -0.15) is 0 Å². The zero-order chi connectivity index (χ0) is 13.3. The number of carbonyl (C=O) groups excluding carboxylic acids is 2. The molecule has 0 bridgehead atoms. The molecule has 0 aromatic rings. The molecular weight excluding hydrogens is 228 g/mol. The highest BCUT2D eigenvalue weighted by Crippen LogP contribution is 2.38. The largest absolute Gasteiger partial charge is 0.344 e. The molecule has 1 unspecified atom stereocenters. The van der Waals surface area contributed by atoms with Crippen molar-refractivity contribution in [3.05, 3.63) is 0 Å². The van der Waals surface area contributed by atoms with E-state index < -0.39 is 0 Å². The SMILES string of the molecule is CC(C)CC1NC(=O)CCN(C2(C)CCC2)C1=O. The molecule has 1 atom stereocenters. The van der Waals surface area contributed by atoms with Crippen molar-refractivity contribution in [2.24, 2.45) is 5.92 Å². The molecule has 1 saturated heterocycles. The van der Waals surface area contributed by atoms with Gasteiger partial charge < -0.3 is 10.2 Å². The van der Waals surface area contributed by atoms with E-state index in [1.54, 1.807) is 0 Å². The zero-order valence-electron chi connectivity index (χ0n) is 11.7. The lowest BCUT2D eigenvalue weighted by Crippen LogP contribution is -2.57. The van der Waals surface area contributed by atoms with Crippen LogP contribution in [0.2, 0.25) is 0 Å². The third-order valence-corrected chi connectivity index (χ3v) is 4.25. The van der Waals surface area contributed by atoms with Crippen LogP contribution in [0.4, 0.5) is 0 Å². The maximum Gasteiger partial charge on any atom is 0.245 e. The summed E-state index contributed by atoms with van der Waals surface area (Å²) in [5, 5.41) is 2.88. The van der Waals surface area contributed by atoms with E-state index in [1.165, 1.54) is 6.42 Å². The van der Waals surface area contributed by atoms with Crippen LogP contribution in [-0.4, -0.2) is 34.8 Å². The number of rotatable bonds is 3. The van der Waals surface area contributed by atoms with E-state index in [-0.39, 0.29) is 23.4 Å². The molecule has 0 aromatic carbocycles. The van der Waals surface area contributed by atoms with Crippen molar-refractivity contribution in [2.45, 2.75) is 64.5 Å². The van der Waals surface area contributed by atoms with Crippen molar-refractivity contribution in [1.82, 2.24) is 10.2 Å². The molecule has 1 aliphatic heterocycles. The monoisotopic (exact) mass is 252 g/mol. The molecule has 1 aliphatic carbocycles. The molecule has 4 heteroatoms. The van der Waals surface area contributed by atoms with Crippen LogP contribution >= 0.6 is 0 Å². The van der Waals surface area contributed by atoms with Gasteiger partial charge in [0.1, 0.15) is 6.04 Å². The highest BCUT2D eigenvalue weighted by molar-refractivity contribution is 5.90. The topological polar surface area (TPSA) is 49.4 Å². The Hall–Kier alpha value is -1.06. The van der Waals surface area contributed by atoms with Crippen LogP contribution < -0.4 is 5.32 Å². The second-order valence-corrected chi connectivity index (χ2v) is 6.34. The van der Waals surface area contributed by atoms with Crippen LogP contribution in [0.25, 0.3) is 0 Å². The van der Waals surface area contributed by atoms with E-state index in [1.807, 2.05) is 4.90 Å². The molecule has 0 aromatic heterocycles. The van der Waals surface area contributed by atoms with Gasteiger partial charge in [-0.1, -0.05) is 13.8 Å². The summed E-state index contributed by atoms with van der Waals surface area (Å²) in [5.74, 6) is 0.546. The molecular formula is C14H24N2O2. The Kier molecular flexibility index (Phi) is 3.64. The fourth-order valence-electron chi connectivity index (χ4n) is 2.97. The Labute approximate surface area is 109 Å². The van der Waals surface area contributed by atoms with Crippen molar-refractivity contribution in [2.75, 3.05) is 6.54 Å². The van der Waals surface area contributed by atoms with Crippen molar-refractivity contribution in [3.8, 4) is 0 Å². The van der Waals surface area contributed by atoms with Crippen LogP contribution in [0, 0.1) is 5.92 Å². The van der Waals surface area contributed by atoms with E-state index in [4.69, 9.17) is 0 Å². The molecule has 2 amide bonds. The van der Waals surface area contributed by atoms with Gasteiger partial charge in [-0.15, -0.1) is 0 Å². The first-order valence-electron chi connectivity index (χ1n) is 7.03. The smallest absolute Gasteiger partial charge is 0.245 e. The maximum atomic E-state index is 12.6. The average molecular weight is 252 g/mol. The third-order valence-electron chi connectivity index (χ3n) is 4.25. The molecule has 2 fully saturated rings. The molecule has 1 saturated carbocycles. The van der Waals surface area contributed by atoms with Crippen LogP contribution in [0.5, 0.6) is 0 Å². The van der Waals surface area contributed by atoms with E-state index in [9.17, 15) is 9.59 Å². The van der Waals surface area contributed by atoms with Crippen LogP contribution in [0.15, 0.2) is 0 Å². The Morgan fingerprint density at radius 3 is 2.56 bits per heavy atom. The van der Waals surface area contributed by atoms with E-state index in [2.05, 4.69) is 26.1 Å². The second-order valence-electron chi connectivity index (χ2n) is 6.34. The van der Waals surface area contributed by atoms with Gasteiger partial charge in [0.2, 0.25) is 11.8 Å². The number of nitrogens with zero attached hydrogens (tertiary/aromatic N) is 1. The van der Waals surface area contributed by atoms with Crippen molar-refractivity contribution < 1.29 is 9.59 Å². The minimum atomic E-state index is -0.322. The standard InChI is InChI=1S/C14H24N2O2/c1-10(2)9-11-13(18)16(8-5-12(17)15-11)14(3)6-4-7-14/h10-11H,4-9H2,1-3H3,(H,15,17). The first-order chi connectivity index (χ1) is 8.42. The Balaban J connectivity index is 2.15. The summed E-state index contributed by atoms with van der Waals surface area (Å²) in [6.07, 6.45) is 4.51. The van der Waals surface area contributed by atoms with Gasteiger partial charge in [0.25, 0.3) is 0 Å². The molecule has 102 valence electrons. The lowest BCUT2D eigenvalue weighted by molar-refractivity contribution is -0.142. The minimum Gasteiger partial charge on any atom is -0.344 e. The van der Waals surface area contributed by atoms with Crippen molar-refractivity contribution in [1.29, 1.82) is 0 Å². The quantitative estimate of drug-likeness (QED) is 0.831. The first kappa shape index (κ1) is 13.4. The summed E-state index contributed by atoms with van der Waals surface area (Å²) in [7, 11) is 0. The van der Waals surface area contributed by atoms with Crippen molar-refractivity contribution >= 4 is 11.8 Å². The van der Waals surface area contributed by atoms with Gasteiger partial charge in [-0.25, -0.2) is 0 Å². The van der Waals surface area contributed by atoms with Gasteiger partial charge in [-0.05, 0) is 38.5 Å². The second kappa shape index (κ2) is 4.90. The fraction of sp³-hybridized carbons (Fsp3) is 0.857. The molecule has 0 spiro atoms. The van der Waals surface area contributed by atoms with Gasteiger partial charge in [0.05, 0.1) is 0 Å². The Morgan fingerprint density at radius 1 is 1.39 bits per heavy atom. The lowest BCUT2D eigenvalue weighted by Gasteiger charge is -2.48. The van der Waals surface area contributed by atoms with Crippen LogP contribution in [0.3, 0.4) is 0 Å². The molecule has 1 heterocycles. The van der Waals surface area contributed by atoms with E-state index >= 15 is 0 Å². The number of hydrogen-bond donors (Lipinski definition) is 1. The Morgan fingerprint density at radius 2 is 2.06 bits per heavy atom. The molecule has 0 radical (unpaired) electrons. The summed E-state index contributed by atoms with van der Waals surface area (Å²) in [6, 6.07) is -0.322. The number of amides is 2. The van der Waals surface area contributed by atoms with Gasteiger partial charge in [0, 0.05) is 18.5 Å². The number of hydrogen-bond acceptors (Lipinski definition) is 2. The van der Waals surface area contributed by atoms with Gasteiger partial charge >= 0.3 is 0 Å². The molecule has 2 aliphatic rings. The summed E-state index contributed by atoms with van der Waals surface area (Å²) in [6.45, 7) is 6.89. The van der Waals surface area contributed by atoms with Crippen LogP contribution in [-0.2, 0) is 9.59 Å². The van der Waals surface area contributed by atoms with Crippen LogP contribution in [0.1, 0.15) is 52.9 Å². The molecule has 18 heavy (non-hydrogen) atoms. The van der Waals surface area contributed by atoms with Gasteiger partial charge in [0.15, 0.2) is 0 Å². The van der Waals surface area contributed by atoms with E-state index in [0.29, 0.717) is 18.9 Å². The zero-order valence-corrected chi connectivity index (χ0v) is 11.7. The summed E-state index contributed by atoms with van der Waals surface area (Å²) in [4.78, 5) is 26.2. The summed E-state index contributed by atoms with van der Waals surface area (Å²) >= 11 is 0. The normalized spacial score (nSPS) is 27.8. The summed E-state index contributed by atoms with van der Waals surface area (Å²) < 4.78 is 0. The number of nitrogens with one attached hydrogen (secondary N) is 1. The predicted octanol–water partition coefficient (Wildman–Crippen LogP) is 1.69.